The molecular formula is C16H22F3N5. The van der Waals surface area contributed by atoms with Gasteiger partial charge in [-0.15, -0.1) is 5.10 Å². The van der Waals surface area contributed by atoms with Crippen LogP contribution in [0, 0.1) is 18.8 Å². The maximum Gasteiger partial charge on any atom is 0.453 e. The summed E-state index contributed by atoms with van der Waals surface area (Å²) in [6, 6.07) is 1.78. The van der Waals surface area contributed by atoms with Crippen molar-refractivity contribution in [2.75, 3.05) is 18.0 Å². The third-order valence-corrected chi connectivity index (χ3v) is 4.42. The second-order valence-corrected chi connectivity index (χ2v) is 6.96. The molecule has 0 N–H and O–H groups in total. The van der Waals surface area contributed by atoms with Crippen LogP contribution in [0.3, 0.4) is 0 Å². The van der Waals surface area contributed by atoms with E-state index in [4.69, 9.17) is 0 Å². The maximum atomic E-state index is 12.9. The van der Waals surface area contributed by atoms with E-state index in [-0.39, 0.29) is 5.78 Å². The minimum absolute atomic E-state index is 0.00151. The van der Waals surface area contributed by atoms with E-state index in [1.807, 2.05) is 0 Å². The molecule has 5 nitrogen and oxygen atoms in total. The Hall–Kier alpha value is -1.86. The normalized spacial score (nSPS) is 17.2. The largest absolute Gasteiger partial charge is 0.453 e. The summed E-state index contributed by atoms with van der Waals surface area (Å²) in [5.41, 5.74) is 0.642. The molecule has 2 aromatic heterocycles. The van der Waals surface area contributed by atoms with Gasteiger partial charge in [0.2, 0.25) is 0 Å². The van der Waals surface area contributed by atoms with E-state index >= 15 is 0 Å². The molecule has 1 saturated heterocycles. The van der Waals surface area contributed by atoms with Crippen LogP contribution < -0.4 is 4.90 Å². The molecular weight excluding hydrogens is 319 g/mol. The van der Waals surface area contributed by atoms with Gasteiger partial charge in [-0.2, -0.15) is 22.7 Å². The van der Waals surface area contributed by atoms with E-state index < -0.39 is 12.0 Å². The molecule has 24 heavy (non-hydrogen) atoms. The van der Waals surface area contributed by atoms with Gasteiger partial charge >= 0.3 is 6.18 Å². The monoisotopic (exact) mass is 341 g/mol. The van der Waals surface area contributed by atoms with Crippen LogP contribution in [0.15, 0.2) is 6.07 Å². The lowest BCUT2D eigenvalue weighted by atomic mass is 9.88. The van der Waals surface area contributed by atoms with Crippen LogP contribution in [0.25, 0.3) is 5.78 Å². The van der Waals surface area contributed by atoms with Gasteiger partial charge in [0.1, 0.15) is 5.82 Å². The van der Waals surface area contributed by atoms with Crippen LogP contribution in [0.4, 0.5) is 19.0 Å². The molecule has 1 aliphatic rings. The van der Waals surface area contributed by atoms with Crippen molar-refractivity contribution in [1.29, 1.82) is 0 Å². The molecule has 0 spiro atoms. The zero-order valence-corrected chi connectivity index (χ0v) is 14.1. The first-order valence-electron chi connectivity index (χ1n) is 8.30. The molecule has 2 aromatic rings. The average Bonchev–Trinajstić information content (AvgIpc) is 2.90. The van der Waals surface area contributed by atoms with Crippen molar-refractivity contribution >= 4 is 11.6 Å². The van der Waals surface area contributed by atoms with E-state index in [0.717, 1.165) is 25.9 Å². The Balaban J connectivity index is 1.88. The van der Waals surface area contributed by atoms with Crippen molar-refractivity contribution in [3.8, 4) is 0 Å². The zero-order valence-electron chi connectivity index (χ0n) is 14.1. The highest BCUT2D eigenvalue weighted by molar-refractivity contribution is 5.48. The van der Waals surface area contributed by atoms with Gasteiger partial charge in [-0.3, -0.25) is 0 Å². The summed E-state index contributed by atoms with van der Waals surface area (Å²) in [5.74, 6) is 0.851. The maximum absolute atomic E-state index is 12.9. The minimum atomic E-state index is -4.57. The lowest BCUT2D eigenvalue weighted by Gasteiger charge is -2.34. The highest BCUT2D eigenvalue weighted by Gasteiger charge is 2.37. The number of rotatable bonds is 3. The predicted molar refractivity (Wildman–Crippen MR) is 84.9 cm³/mol. The Morgan fingerprint density at radius 3 is 2.46 bits per heavy atom. The second-order valence-electron chi connectivity index (χ2n) is 6.96. The van der Waals surface area contributed by atoms with Crippen molar-refractivity contribution in [2.45, 2.75) is 46.2 Å². The fourth-order valence-corrected chi connectivity index (χ4v) is 3.38. The van der Waals surface area contributed by atoms with Gasteiger partial charge in [0.15, 0.2) is 0 Å². The highest BCUT2D eigenvalue weighted by Crippen LogP contribution is 2.30. The number of fused-ring (bicyclic) bond motifs is 1. The minimum Gasteiger partial charge on any atom is -0.356 e. The summed E-state index contributed by atoms with van der Waals surface area (Å²) in [4.78, 5) is 9.72. The summed E-state index contributed by atoms with van der Waals surface area (Å²) >= 11 is 0. The standard InChI is InChI=1S/C16H22F3N5/c1-10(2)8-12-4-6-23(7-5-12)13-9-11(3)20-15-21-14(16(17,18)19)22-24(13)15/h9-10,12H,4-8H2,1-3H3. The molecule has 1 fully saturated rings. The van der Waals surface area contributed by atoms with E-state index in [1.54, 1.807) is 13.0 Å². The van der Waals surface area contributed by atoms with Crippen LogP contribution >= 0.6 is 0 Å². The van der Waals surface area contributed by atoms with Gasteiger partial charge in [-0.25, -0.2) is 4.98 Å². The third-order valence-electron chi connectivity index (χ3n) is 4.42. The highest BCUT2D eigenvalue weighted by atomic mass is 19.4. The van der Waals surface area contributed by atoms with Gasteiger partial charge in [0, 0.05) is 24.8 Å². The summed E-state index contributed by atoms with van der Waals surface area (Å²) in [7, 11) is 0. The average molecular weight is 341 g/mol. The lowest BCUT2D eigenvalue weighted by molar-refractivity contribution is -0.144. The van der Waals surface area contributed by atoms with Crippen molar-refractivity contribution in [2.24, 2.45) is 11.8 Å². The molecule has 0 saturated carbocycles. The summed E-state index contributed by atoms with van der Waals surface area (Å²) in [6.45, 7) is 7.83. The lowest BCUT2D eigenvalue weighted by Crippen LogP contribution is -2.35. The molecule has 0 unspecified atom stereocenters. The summed E-state index contributed by atoms with van der Waals surface area (Å²) < 4.78 is 39.9. The molecule has 0 bridgehead atoms. The zero-order chi connectivity index (χ0) is 17.5. The van der Waals surface area contributed by atoms with Gasteiger partial charge in [-0.05, 0) is 38.0 Å². The quantitative estimate of drug-likeness (QED) is 0.854. The Labute approximate surface area is 138 Å². The first-order chi connectivity index (χ1) is 11.2. The molecule has 0 radical (unpaired) electrons. The summed E-state index contributed by atoms with van der Waals surface area (Å²) in [6.07, 6.45) is -1.28. The Morgan fingerprint density at radius 2 is 1.88 bits per heavy atom. The fraction of sp³-hybridized carbons (Fsp3) is 0.688. The molecule has 3 heterocycles. The van der Waals surface area contributed by atoms with Gasteiger partial charge in [-0.1, -0.05) is 13.8 Å². The van der Waals surface area contributed by atoms with Crippen LogP contribution in [0.1, 0.15) is 44.6 Å². The molecule has 0 aliphatic carbocycles. The number of alkyl halides is 3. The molecule has 1 aliphatic heterocycles. The Kier molecular flexibility index (Phi) is 4.40. The first kappa shape index (κ1) is 17.0. The van der Waals surface area contributed by atoms with Crippen molar-refractivity contribution in [3.05, 3.63) is 17.6 Å². The van der Waals surface area contributed by atoms with E-state index in [1.165, 1.54) is 10.9 Å². The van der Waals surface area contributed by atoms with Gasteiger partial charge in [0.25, 0.3) is 11.6 Å². The number of aryl methyl sites for hydroxylation is 1. The predicted octanol–water partition coefficient (Wildman–Crippen LogP) is 3.71. The van der Waals surface area contributed by atoms with Gasteiger partial charge < -0.3 is 4.90 Å². The van der Waals surface area contributed by atoms with Crippen molar-refractivity contribution in [1.82, 2.24) is 19.6 Å². The molecule has 0 aromatic carbocycles. The first-order valence-corrected chi connectivity index (χ1v) is 8.30. The van der Waals surface area contributed by atoms with Crippen molar-refractivity contribution in [3.63, 3.8) is 0 Å². The SMILES string of the molecule is Cc1cc(N2CCC(CC(C)C)CC2)n2nc(C(F)(F)F)nc2n1. The number of anilines is 1. The number of aromatic nitrogens is 4. The van der Waals surface area contributed by atoms with Crippen LogP contribution in [0.2, 0.25) is 0 Å². The van der Waals surface area contributed by atoms with E-state index in [0.29, 0.717) is 23.3 Å². The molecule has 132 valence electrons. The number of hydrogen-bond donors (Lipinski definition) is 0. The third kappa shape index (κ3) is 3.47. The van der Waals surface area contributed by atoms with Gasteiger partial charge in [0.05, 0.1) is 0 Å². The second kappa shape index (κ2) is 6.22. The number of piperidine rings is 1. The number of hydrogen-bond acceptors (Lipinski definition) is 4. The summed E-state index contributed by atoms with van der Waals surface area (Å²) in [5, 5.41) is 3.64. The van der Waals surface area contributed by atoms with Crippen LogP contribution in [-0.2, 0) is 6.18 Å². The number of halogens is 3. The van der Waals surface area contributed by atoms with Crippen molar-refractivity contribution < 1.29 is 13.2 Å². The molecule has 8 heteroatoms. The van der Waals surface area contributed by atoms with E-state index in [2.05, 4.69) is 33.8 Å². The Bertz CT molecular complexity index is 714. The molecule has 0 atom stereocenters. The molecule has 0 amide bonds. The fourth-order valence-electron chi connectivity index (χ4n) is 3.38. The van der Waals surface area contributed by atoms with E-state index in [9.17, 15) is 13.2 Å². The Morgan fingerprint density at radius 1 is 1.21 bits per heavy atom. The molecule has 3 rings (SSSR count). The topological polar surface area (TPSA) is 46.3 Å². The van der Waals surface area contributed by atoms with Crippen LogP contribution in [-0.4, -0.2) is 32.7 Å². The number of nitrogens with zero attached hydrogens (tertiary/aromatic N) is 5. The van der Waals surface area contributed by atoms with Crippen LogP contribution in [0.5, 0.6) is 0 Å². The smallest absolute Gasteiger partial charge is 0.356 e.